The molecule has 0 spiro atoms. The lowest BCUT2D eigenvalue weighted by molar-refractivity contribution is -0.145. The van der Waals surface area contributed by atoms with Gasteiger partial charge in [-0.1, -0.05) is 150 Å². The normalized spacial score (nSPS) is 13.5. The topological polar surface area (TPSA) is 49.9 Å². The number of carbonyl (C=O) groups excluding carboxylic acids is 2. The lowest BCUT2D eigenvalue weighted by atomic mass is 9.93. The average molecular weight is 665 g/mol. The fourth-order valence-corrected chi connectivity index (χ4v) is 6.97. The molecule has 0 aromatic heterocycles. The number of carbonyl (C=O) groups is 2. The predicted octanol–water partition coefficient (Wildman–Crippen LogP) is 12.2. The molecule has 0 saturated heterocycles. The van der Waals surface area contributed by atoms with E-state index in [1.54, 1.807) is 0 Å². The van der Waals surface area contributed by atoms with Crippen LogP contribution in [0.15, 0.2) is 0 Å². The molecule has 0 aromatic rings. The summed E-state index contributed by atoms with van der Waals surface area (Å²) in [7, 11) is 4.27. The Kier molecular flexibility index (Phi) is 32.6. The van der Waals surface area contributed by atoms with Crippen LogP contribution in [0.1, 0.15) is 208 Å². The number of nitrogens with zero attached hydrogens (tertiary/aromatic N) is 2. The second-order valence-electron chi connectivity index (χ2n) is 15.0. The zero-order chi connectivity index (χ0) is 35.0. The van der Waals surface area contributed by atoms with Crippen molar-refractivity contribution in [1.82, 2.24) is 9.80 Å². The van der Waals surface area contributed by atoms with Crippen LogP contribution in [0.5, 0.6) is 0 Å². The third-order valence-electron chi connectivity index (χ3n) is 10.2. The quantitative estimate of drug-likeness (QED) is 0.0500. The van der Waals surface area contributed by atoms with Crippen LogP contribution in [0.25, 0.3) is 0 Å². The monoisotopic (exact) mass is 665 g/mol. The Morgan fingerprint density at radius 1 is 0.532 bits per heavy atom. The number of unbranched alkanes of at least 4 members (excludes halogenated alkanes) is 14. The zero-order valence-corrected chi connectivity index (χ0v) is 33.1. The van der Waals surface area contributed by atoms with Crippen molar-refractivity contribution in [3.05, 3.63) is 0 Å². The minimum Gasteiger partial charge on any atom is -0.465 e. The van der Waals surface area contributed by atoms with Gasteiger partial charge < -0.3 is 14.5 Å². The third kappa shape index (κ3) is 26.4. The minimum atomic E-state index is 0.00470. The van der Waals surface area contributed by atoms with Crippen molar-refractivity contribution in [2.45, 2.75) is 214 Å². The van der Waals surface area contributed by atoms with E-state index in [1.165, 1.54) is 122 Å². The van der Waals surface area contributed by atoms with Gasteiger partial charge in [0.1, 0.15) is 0 Å². The van der Waals surface area contributed by atoms with Crippen LogP contribution in [-0.2, 0) is 14.3 Å². The summed E-state index contributed by atoms with van der Waals surface area (Å²) in [6, 6.07) is 0.379. The van der Waals surface area contributed by atoms with E-state index in [0.29, 0.717) is 30.9 Å². The van der Waals surface area contributed by atoms with E-state index >= 15 is 0 Å². The first kappa shape index (κ1) is 45.9. The predicted molar refractivity (Wildman–Crippen MR) is 205 cm³/mol. The van der Waals surface area contributed by atoms with Gasteiger partial charge in [0.25, 0.3) is 0 Å². The Morgan fingerprint density at radius 3 is 1.60 bits per heavy atom. The van der Waals surface area contributed by atoms with Crippen LogP contribution in [0.4, 0.5) is 0 Å². The molecule has 0 rings (SSSR count). The van der Waals surface area contributed by atoms with Crippen LogP contribution < -0.4 is 0 Å². The Balaban J connectivity index is 4.79. The van der Waals surface area contributed by atoms with E-state index in [0.717, 1.165) is 58.0 Å². The highest BCUT2D eigenvalue weighted by atomic mass is 16.5. The van der Waals surface area contributed by atoms with E-state index < -0.39 is 0 Å². The molecule has 47 heavy (non-hydrogen) atoms. The van der Waals surface area contributed by atoms with Crippen molar-refractivity contribution >= 4 is 11.9 Å². The van der Waals surface area contributed by atoms with Gasteiger partial charge in [0, 0.05) is 24.9 Å². The lowest BCUT2D eigenvalue weighted by Gasteiger charge is -2.35. The SMILES string of the molecule is CCCCCCC(CCCC)COC(=O)CCCCCCCCC(CCCCCC)N(CCCN(C)C)C(=O)C(CC)CCCCC. The maximum absolute atomic E-state index is 14.0. The van der Waals surface area contributed by atoms with Crippen LogP contribution in [0.2, 0.25) is 0 Å². The summed E-state index contributed by atoms with van der Waals surface area (Å²) < 4.78 is 5.74. The first-order valence-corrected chi connectivity index (χ1v) is 20.9. The van der Waals surface area contributed by atoms with Crippen molar-refractivity contribution in [2.75, 3.05) is 33.8 Å². The van der Waals surface area contributed by atoms with E-state index in [2.05, 4.69) is 58.5 Å². The average Bonchev–Trinajstić information content (AvgIpc) is 3.06. The number of hydrogen-bond acceptors (Lipinski definition) is 4. The fourth-order valence-electron chi connectivity index (χ4n) is 6.97. The molecule has 0 aliphatic heterocycles. The molecule has 0 fully saturated rings. The van der Waals surface area contributed by atoms with Gasteiger partial charge in [-0.05, 0) is 77.9 Å². The van der Waals surface area contributed by atoms with Crippen LogP contribution in [0.3, 0.4) is 0 Å². The summed E-state index contributed by atoms with van der Waals surface area (Å²) >= 11 is 0. The Labute approximate surface area is 295 Å². The van der Waals surface area contributed by atoms with Crippen molar-refractivity contribution in [1.29, 1.82) is 0 Å². The highest BCUT2D eigenvalue weighted by Gasteiger charge is 2.28. The maximum Gasteiger partial charge on any atom is 0.305 e. The molecule has 280 valence electrons. The number of ether oxygens (including phenoxy) is 1. The van der Waals surface area contributed by atoms with Crippen LogP contribution in [-0.4, -0.2) is 61.5 Å². The van der Waals surface area contributed by atoms with Crippen molar-refractivity contribution in [3.63, 3.8) is 0 Å². The first-order chi connectivity index (χ1) is 22.8. The molecular weight excluding hydrogens is 580 g/mol. The fraction of sp³-hybridized carbons (Fsp3) is 0.952. The molecular formula is C42H84N2O3. The highest BCUT2D eigenvalue weighted by Crippen LogP contribution is 2.25. The summed E-state index contributed by atoms with van der Waals surface area (Å²) in [6.07, 6.45) is 31.4. The standard InChI is InChI=1S/C42H84N2O3/c1-8-13-17-24-30-38(29-16-11-4)37-47-41(45)34-27-22-20-19-21-26-33-40(32-25-18-14-9-2)44(36-28-35-43(6)7)42(46)39(12-5)31-23-15-10-3/h38-40H,8-37H2,1-7H3. The summed E-state index contributed by atoms with van der Waals surface area (Å²) in [5.74, 6) is 1.16. The van der Waals surface area contributed by atoms with Crippen LogP contribution >= 0.6 is 0 Å². The molecule has 1 amide bonds. The van der Waals surface area contributed by atoms with Gasteiger partial charge in [-0.15, -0.1) is 0 Å². The molecule has 3 unspecified atom stereocenters. The molecule has 3 atom stereocenters. The lowest BCUT2D eigenvalue weighted by Crippen LogP contribution is -2.45. The van der Waals surface area contributed by atoms with Gasteiger partial charge >= 0.3 is 5.97 Å². The number of amides is 1. The van der Waals surface area contributed by atoms with Gasteiger partial charge in [-0.3, -0.25) is 9.59 Å². The largest absolute Gasteiger partial charge is 0.465 e. The molecule has 0 N–H and O–H groups in total. The first-order valence-electron chi connectivity index (χ1n) is 20.9. The Bertz CT molecular complexity index is 697. The van der Waals surface area contributed by atoms with Gasteiger partial charge in [-0.2, -0.15) is 0 Å². The molecule has 5 nitrogen and oxygen atoms in total. The zero-order valence-electron chi connectivity index (χ0n) is 33.1. The van der Waals surface area contributed by atoms with Crippen molar-refractivity contribution in [3.8, 4) is 0 Å². The van der Waals surface area contributed by atoms with Crippen molar-refractivity contribution < 1.29 is 14.3 Å². The second-order valence-corrected chi connectivity index (χ2v) is 15.0. The van der Waals surface area contributed by atoms with Gasteiger partial charge in [0.2, 0.25) is 5.91 Å². The Morgan fingerprint density at radius 2 is 1.02 bits per heavy atom. The van der Waals surface area contributed by atoms with E-state index in [9.17, 15) is 9.59 Å². The smallest absolute Gasteiger partial charge is 0.305 e. The van der Waals surface area contributed by atoms with Gasteiger partial charge in [0.05, 0.1) is 6.61 Å². The molecule has 0 bridgehead atoms. The number of hydrogen-bond donors (Lipinski definition) is 0. The van der Waals surface area contributed by atoms with Gasteiger partial charge in [-0.25, -0.2) is 0 Å². The van der Waals surface area contributed by atoms with E-state index in [1.807, 2.05) is 0 Å². The maximum atomic E-state index is 14.0. The van der Waals surface area contributed by atoms with Crippen LogP contribution in [0, 0.1) is 11.8 Å². The Hall–Kier alpha value is -1.10. The summed E-state index contributed by atoms with van der Waals surface area (Å²) in [6.45, 7) is 13.8. The van der Waals surface area contributed by atoms with Crippen molar-refractivity contribution in [2.24, 2.45) is 11.8 Å². The third-order valence-corrected chi connectivity index (χ3v) is 10.2. The summed E-state index contributed by atoms with van der Waals surface area (Å²) in [5.41, 5.74) is 0. The second kappa shape index (κ2) is 33.4. The van der Waals surface area contributed by atoms with E-state index in [4.69, 9.17) is 4.74 Å². The van der Waals surface area contributed by atoms with Gasteiger partial charge in [0.15, 0.2) is 0 Å². The highest BCUT2D eigenvalue weighted by molar-refractivity contribution is 5.79. The molecule has 0 aliphatic carbocycles. The van der Waals surface area contributed by atoms with E-state index in [-0.39, 0.29) is 11.9 Å². The minimum absolute atomic E-state index is 0.00470. The molecule has 5 heteroatoms. The molecule has 0 radical (unpaired) electrons. The summed E-state index contributed by atoms with van der Waals surface area (Å²) in [5, 5.41) is 0. The number of esters is 1. The number of rotatable bonds is 35. The summed E-state index contributed by atoms with van der Waals surface area (Å²) in [4.78, 5) is 31.1. The molecule has 0 aliphatic rings. The molecule has 0 saturated carbocycles. The molecule has 0 heterocycles. The molecule has 0 aromatic carbocycles.